The van der Waals surface area contributed by atoms with Gasteiger partial charge in [-0.1, -0.05) is 11.6 Å². The van der Waals surface area contributed by atoms with Gasteiger partial charge in [-0.25, -0.2) is 9.97 Å². The number of nitrogens with zero attached hydrogens (tertiary/aromatic N) is 2. The van der Waals surface area contributed by atoms with Crippen molar-refractivity contribution in [1.29, 1.82) is 5.41 Å². The first-order valence-electron chi connectivity index (χ1n) is 5.07. The fraction of sp³-hybridized carbons (Fsp3) is 0.0833. The number of amidine groups is 1. The number of nitrogens with one attached hydrogen (secondary N) is 1. The lowest BCUT2D eigenvalue weighted by molar-refractivity contribution is 0.966. The molecule has 4 nitrogen and oxygen atoms in total. The molecule has 1 aromatic carbocycles. The minimum atomic E-state index is 0.0622. The van der Waals surface area contributed by atoms with Gasteiger partial charge in [-0.3, -0.25) is 5.41 Å². The molecule has 0 atom stereocenters. The zero-order valence-electron chi connectivity index (χ0n) is 9.34. The summed E-state index contributed by atoms with van der Waals surface area (Å²) in [5, 5.41) is 8.21. The molecule has 0 bridgehead atoms. The Balaban J connectivity index is 2.36. The lowest BCUT2D eigenvalue weighted by atomic mass is 10.1. The van der Waals surface area contributed by atoms with Crippen molar-refractivity contribution < 1.29 is 0 Å². The lowest BCUT2D eigenvalue weighted by Gasteiger charge is -2.07. The largest absolute Gasteiger partial charge is 0.384 e. The maximum absolute atomic E-state index is 7.56. The van der Waals surface area contributed by atoms with Crippen molar-refractivity contribution in [3.63, 3.8) is 0 Å². The Morgan fingerprint density at radius 2 is 2.00 bits per heavy atom. The molecule has 1 aromatic heterocycles. The molecule has 17 heavy (non-hydrogen) atoms. The van der Waals surface area contributed by atoms with E-state index >= 15 is 0 Å². The van der Waals surface area contributed by atoms with E-state index < -0.39 is 0 Å². The van der Waals surface area contributed by atoms with Crippen LogP contribution in [0.1, 0.15) is 11.1 Å². The molecular formula is C12H12N4S. The minimum absolute atomic E-state index is 0.0622. The van der Waals surface area contributed by atoms with Gasteiger partial charge >= 0.3 is 0 Å². The summed E-state index contributed by atoms with van der Waals surface area (Å²) in [4.78, 5) is 9.17. The first kappa shape index (κ1) is 11.6. The van der Waals surface area contributed by atoms with Gasteiger partial charge in [0.05, 0.1) is 0 Å². The maximum atomic E-state index is 7.56. The first-order chi connectivity index (χ1) is 8.16. The minimum Gasteiger partial charge on any atom is -0.384 e. The lowest BCUT2D eigenvalue weighted by Crippen LogP contribution is -2.12. The quantitative estimate of drug-likeness (QED) is 0.493. The van der Waals surface area contributed by atoms with Gasteiger partial charge in [-0.05, 0) is 36.9 Å². The highest BCUT2D eigenvalue weighted by molar-refractivity contribution is 7.99. The van der Waals surface area contributed by atoms with Crippen molar-refractivity contribution in [2.24, 2.45) is 5.73 Å². The zero-order chi connectivity index (χ0) is 12.3. The van der Waals surface area contributed by atoms with Crippen LogP contribution >= 0.6 is 11.8 Å². The van der Waals surface area contributed by atoms with Crippen molar-refractivity contribution in [1.82, 2.24) is 9.97 Å². The van der Waals surface area contributed by atoms with E-state index in [1.165, 1.54) is 11.8 Å². The van der Waals surface area contributed by atoms with Crippen LogP contribution in [0.3, 0.4) is 0 Å². The van der Waals surface area contributed by atoms with Crippen LogP contribution in [0.25, 0.3) is 0 Å². The number of aromatic nitrogens is 2. The highest BCUT2D eigenvalue weighted by Crippen LogP contribution is 2.28. The van der Waals surface area contributed by atoms with Crippen LogP contribution in [0.5, 0.6) is 0 Å². The van der Waals surface area contributed by atoms with Crippen molar-refractivity contribution in [2.75, 3.05) is 0 Å². The average Bonchev–Trinajstić information content (AvgIpc) is 2.32. The molecule has 0 aliphatic rings. The first-order valence-corrected chi connectivity index (χ1v) is 5.88. The summed E-state index contributed by atoms with van der Waals surface area (Å²) in [7, 11) is 0. The summed E-state index contributed by atoms with van der Waals surface area (Å²) in [5.74, 6) is 0.0622. The Morgan fingerprint density at radius 1 is 1.29 bits per heavy atom. The number of nitrogens with two attached hydrogens (primary N) is 1. The van der Waals surface area contributed by atoms with E-state index in [4.69, 9.17) is 11.1 Å². The van der Waals surface area contributed by atoms with Crippen molar-refractivity contribution in [3.8, 4) is 0 Å². The third-order valence-corrected chi connectivity index (χ3v) is 3.14. The summed E-state index contributed by atoms with van der Waals surface area (Å²) in [6, 6.07) is 7.59. The molecule has 0 unspecified atom stereocenters. The molecule has 2 rings (SSSR count). The molecule has 86 valence electrons. The number of rotatable bonds is 3. The van der Waals surface area contributed by atoms with Gasteiger partial charge in [-0.2, -0.15) is 0 Å². The van der Waals surface area contributed by atoms with E-state index in [2.05, 4.69) is 9.97 Å². The van der Waals surface area contributed by atoms with Crippen LogP contribution in [-0.2, 0) is 0 Å². The molecule has 3 N–H and O–H groups in total. The van der Waals surface area contributed by atoms with E-state index in [-0.39, 0.29) is 5.84 Å². The molecule has 0 fully saturated rings. The van der Waals surface area contributed by atoms with Gasteiger partial charge in [0.1, 0.15) is 5.84 Å². The van der Waals surface area contributed by atoms with Crippen LogP contribution in [0.2, 0.25) is 0 Å². The normalized spacial score (nSPS) is 10.2. The summed E-state index contributed by atoms with van der Waals surface area (Å²) in [6.45, 7) is 1.97. The summed E-state index contributed by atoms with van der Waals surface area (Å²) in [5.41, 5.74) is 7.37. The second-order valence-corrected chi connectivity index (χ2v) is 4.56. The maximum Gasteiger partial charge on any atom is 0.192 e. The Bertz CT molecular complexity index is 539. The summed E-state index contributed by atoms with van der Waals surface area (Å²) in [6.07, 6.45) is 3.38. The number of aryl methyl sites for hydroxylation is 1. The van der Waals surface area contributed by atoms with E-state index in [9.17, 15) is 0 Å². The van der Waals surface area contributed by atoms with E-state index in [1.807, 2.05) is 25.1 Å². The second kappa shape index (κ2) is 4.97. The Hall–Kier alpha value is -1.88. The van der Waals surface area contributed by atoms with E-state index in [0.29, 0.717) is 5.16 Å². The molecular weight excluding hydrogens is 232 g/mol. The van der Waals surface area contributed by atoms with Gasteiger partial charge in [0, 0.05) is 22.9 Å². The highest BCUT2D eigenvalue weighted by atomic mass is 32.2. The van der Waals surface area contributed by atoms with Crippen LogP contribution in [0.15, 0.2) is 46.7 Å². The Kier molecular flexibility index (Phi) is 3.39. The molecule has 0 radical (unpaired) electrons. The molecule has 0 amide bonds. The van der Waals surface area contributed by atoms with E-state index in [1.54, 1.807) is 18.5 Å². The van der Waals surface area contributed by atoms with Crippen LogP contribution < -0.4 is 5.73 Å². The Morgan fingerprint density at radius 3 is 2.65 bits per heavy atom. The van der Waals surface area contributed by atoms with Gasteiger partial charge < -0.3 is 5.73 Å². The number of hydrogen-bond donors (Lipinski definition) is 2. The van der Waals surface area contributed by atoms with Gasteiger partial charge in [0.25, 0.3) is 0 Å². The van der Waals surface area contributed by atoms with Crippen LogP contribution in [-0.4, -0.2) is 15.8 Å². The smallest absolute Gasteiger partial charge is 0.192 e. The summed E-state index contributed by atoms with van der Waals surface area (Å²) >= 11 is 1.41. The predicted octanol–water partition coefficient (Wildman–Crippen LogP) is 2.22. The highest BCUT2D eigenvalue weighted by Gasteiger charge is 2.08. The third kappa shape index (κ3) is 2.82. The Labute approximate surface area is 104 Å². The molecule has 0 saturated heterocycles. The molecule has 0 spiro atoms. The molecule has 0 saturated carbocycles. The molecule has 0 aliphatic heterocycles. The zero-order valence-corrected chi connectivity index (χ0v) is 10.2. The monoisotopic (exact) mass is 244 g/mol. The van der Waals surface area contributed by atoms with Crippen LogP contribution in [0, 0.1) is 12.3 Å². The topological polar surface area (TPSA) is 75.7 Å². The molecule has 0 aliphatic carbocycles. The predicted molar refractivity (Wildman–Crippen MR) is 68.4 cm³/mol. The average molecular weight is 244 g/mol. The molecule has 2 aromatic rings. The van der Waals surface area contributed by atoms with Crippen molar-refractivity contribution in [2.45, 2.75) is 17.0 Å². The van der Waals surface area contributed by atoms with Gasteiger partial charge in [0.2, 0.25) is 0 Å². The van der Waals surface area contributed by atoms with Gasteiger partial charge in [-0.15, -0.1) is 0 Å². The third-order valence-electron chi connectivity index (χ3n) is 2.17. The van der Waals surface area contributed by atoms with Crippen LogP contribution in [0.4, 0.5) is 0 Å². The van der Waals surface area contributed by atoms with Crippen molar-refractivity contribution in [3.05, 3.63) is 47.8 Å². The van der Waals surface area contributed by atoms with E-state index in [0.717, 1.165) is 16.0 Å². The standard InChI is InChI=1S/C12H12N4S/c1-8-3-4-10(9(7-8)11(13)14)17-12-15-5-2-6-16-12/h2-7H,1H3,(H3,13,14). The fourth-order valence-corrected chi connectivity index (χ4v) is 2.22. The summed E-state index contributed by atoms with van der Waals surface area (Å²) < 4.78 is 0. The SMILES string of the molecule is Cc1ccc(Sc2ncccn2)c(C(=N)N)c1. The fourth-order valence-electron chi connectivity index (χ4n) is 1.38. The molecule has 1 heterocycles. The number of benzene rings is 1. The van der Waals surface area contributed by atoms with Crippen molar-refractivity contribution >= 4 is 17.6 Å². The number of nitrogen functional groups attached to an aromatic ring is 1. The second-order valence-electron chi connectivity index (χ2n) is 3.55. The molecule has 5 heteroatoms. The van der Waals surface area contributed by atoms with Gasteiger partial charge in [0.15, 0.2) is 5.16 Å². The number of hydrogen-bond acceptors (Lipinski definition) is 4.